The van der Waals surface area contributed by atoms with Crippen LogP contribution < -0.4 is 15.1 Å². The van der Waals surface area contributed by atoms with Gasteiger partial charge in [-0.3, -0.25) is 4.79 Å². The number of aryl methyl sites for hydroxylation is 2. The van der Waals surface area contributed by atoms with Crippen molar-refractivity contribution in [2.75, 3.05) is 13.7 Å². The Morgan fingerprint density at radius 1 is 1.11 bits per heavy atom. The van der Waals surface area contributed by atoms with Crippen LogP contribution in [-0.2, 0) is 12.8 Å². The summed E-state index contributed by atoms with van der Waals surface area (Å²) in [6.07, 6.45) is 3.78. The van der Waals surface area contributed by atoms with Crippen LogP contribution in [0.1, 0.15) is 39.9 Å². The SMILES string of the molecule is COc1cccc(C(=O)COc2ccc3c4c(c(=O)oc3c2C)CCCC4)c1. The van der Waals surface area contributed by atoms with Crippen molar-refractivity contribution in [2.45, 2.75) is 32.6 Å². The second kappa shape index (κ2) is 7.50. The molecule has 0 N–H and O–H groups in total. The van der Waals surface area contributed by atoms with Gasteiger partial charge in [-0.25, -0.2) is 4.79 Å². The maximum atomic E-state index is 12.5. The summed E-state index contributed by atoms with van der Waals surface area (Å²) in [5.74, 6) is 1.02. The third-order valence-corrected chi connectivity index (χ3v) is 5.34. The smallest absolute Gasteiger partial charge is 0.339 e. The lowest BCUT2D eigenvalue weighted by Crippen LogP contribution is -2.16. The summed E-state index contributed by atoms with van der Waals surface area (Å²) < 4.78 is 16.5. The summed E-state index contributed by atoms with van der Waals surface area (Å²) >= 11 is 0. The summed E-state index contributed by atoms with van der Waals surface area (Å²) in [5, 5.41) is 0.971. The Morgan fingerprint density at radius 3 is 2.68 bits per heavy atom. The maximum Gasteiger partial charge on any atom is 0.339 e. The molecule has 1 aliphatic rings. The minimum absolute atomic E-state index is 0.102. The number of carbonyl (C=O) groups is 1. The van der Waals surface area contributed by atoms with Crippen molar-refractivity contribution >= 4 is 16.8 Å². The normalized spacial score (nSPS) is 13.2. The summed E-state index contributed by atoms with van der Waals surface area (Å²) in [6.45, 7) is 1.75. The molecule has 0 saturated carbocycles. The average molecular weight is 378 g/mol. The van der Waals surface area contributed by atoms with Gasteiger partial charge in [0.25, 0.3) is 0 Å². The summed E-state index contributed by atoms with van der Waals surface area (Å²) in [4.78, 5) is 24.8. The molecule has 0 bridgehead atoms. The topological polar surface area (TPSA) is 65.7 Å². The second-order valence-electron chi connectivity index (χ2n) is 7.06. The highest BCUT2D eigenvalue weighted by molar-refractivity contribution is 5.97. The first-order chi connectivity index (χ1) is 13.6. The van der Waals surface area contributed by atoms with E-state index in [1.54, 1.807) is 31.4 Å². The Hall–Kier alpha value is -3.08. The zero-order valence-electron chi connectivity index (χ0n) is 16.0. The predicted octanol–water partition coefficient (Wildman–Crippen LogP) is 4.25. The molecular weight excluding hydrogens is 356 g/mol. The number of hydrogen-bond donors (Lipinski definition) is 0. The molecule has 0 saturated heterocycles. The van der Waals surface area contributed by atoms with Gasteiger partial charge in [-0.1, -0.05) is 12.1 Å². The molecule has 3 aromatic rings. The third-order valence-electron chi connectivity index (χ3n) is 5.34. The molecule has 0 atom stereocenters. The van der Waals surface area contributed by atoms with Gasteiger partial charge in [0.15, 0.2) is 12.4 Å². The van der Waals surface area contributed by atoms with Gasteiger partial charge in [0.1, 0.15) is 17.1 Å². The molecule has 4 rings (SSSR count). The van der Waals surface area contributed by atoms with E-state index in [0.717, 1.165) is 47.8 Å². The molecule has 1 aromatic heterocycles. The van der Waals surface area contributed by atoms with Gasteiger partial charge < -0.3 is 13.9 Å². The molecule has 0 spiro atoms. The van der Waals surface area contributed by atoms with Gasteiger partial charge in [-0.2, -0.15) is 0 Å². The predicted molar refractivity (Wildman–Crippen MR) is 107 cm³/mol. The third kappa shape index (κ3) is 3.28. The van der Waals surface area contributed by atoms with Gasteiger partial charge in [-0.15, -0.1) is 0 Å². The molecular formula is C23H22O5. The number of hydrogen-bond acceptors (Lipinski definition) is 5. The van der Waals surface area contributed by atoms with Gasteiger partial charge in [0.05, 0.1) is 7.11 Å². The molecule has 0 radical (unpaired) electrons. The largest absolute Gasteiger partial charge is 0.497 e. The molecule has 2 aromatic carbocycles. The lowest BCUT2D eigenvalue weighted by atomic mass is 9.90. The number of ether oxygens (including phenoxy) is 2. The van der Waals surface area contributed by atoms with E-state index in [1.807, 2.05) is 19.1 Å². The maximum absolute atomic E-state index is 12.5. The standard InChI is InChI=1S/C23H22O5/c1-14-21(27-13-20(24)15-6-5-7-16(12-15)26-2)11-10-18-17-8-3-4-9-19(17)23(25)28-22(14)18/h5-7,10-12H,3-4,8-9,13H2,1-2H3. The van der Waals surface area contributed by atoms with Crippen LogP contribution in [0.15, 0.2) is 45.6 Å². The summed E-state index contributed by atoms with van der Waals surface area (Å²) in [7, 11) is 1.56. The molecule has 0 aliphatic heterocycles. The number of benzene rings is 2. The molecule has 5 nitrogen and oxygen atoms in total. The Bertz CT molecular complexity index is 1110. The van der Waals surface area contributed by atoms with Crippen molar-refractivity contribution in [1.82, 2.24) is 0 Å². The molecule has 0 unspecified atom stereocenters. The summed E-state index contributed by atoms with van der Waals surface area (Å²) in [5.41, 5.74) is 3.46. The van der Waals surface area contributed by atoms with Crippen LogP contribution in [0, 0.1) is 6.92 Å². The van der Waals surface area contributed by atoms with Crippen molar-refractivity contribution in [3.63, 3.8) is 0 Å². The highest BCUT2D eigenvalue weighted by atomic mass is 16.5. The van der Waals surface area contributed by atoms with Gasteiger partial charge in [-0.05, 0) is 62.4 Å². The van der Waals surface area contributed by atoms with Gasteiger partial charge in [0.2, 0.25) is 0 Å². The van der Waals surface area contributed by atoms with Crippen molar-refractivity contribution in [3.05, 3.63) is 69.1 Å². The van der Waals surface area contributed by atoms with Crippen LogP contribution in [0.4, 0.5) is 0 Å². The minimum atomic E-state index is -0.255. The first-order valence-corrected chi connectivity index (χ1v) is 9.46. The fourth-order valence-corrected chi connectivity index (χ4v) is 3.80. The van der Waals surface area contributed by atoms with Crippen molar-refractivity contribution < 1.29 is 18.7 Å². The van der Waals surface area contributed by atoms with E-state index in [9.17, 15) is 9.59 Å². The highest BCUT2D eigenvalue weighted by Gasteiger charge is 2.20. The number of Topliss-reactive ketones (excluding diaryl/α,β-unsaturated/α-hetero) is 1. The number of carbonyl (C=O) groups excluding carboxylic acids is 1. The molecule has 0 amide bonds. The number of ketones is 1. The van der Waals surface area contributed by atoms with E-state index in [-0.39, 0.29) is 18.0 Å². The van der Waals surface area contributed by atoms with E-state index < -0.39 is 0 Å². The Kier molecular flexibility index (Phi) is 4.90. The van der Waals surface area contributed by atoms with Crippen LogP contribution in [-0.4, -0.2) is 19.5 Å². The number of fused-ring (bicyclic) bond motifs is 3. The Balaban J connectivity index is 1.62. The molecule has 28 heavy (non-hydrogen) atoms. The molecule has 5 heteroatoms. The minimum Gasteiger partial charge on any atom is -0.497 e. The number of methoxy groups -OCH3 is 1. The molecule has 0 fully saturated rings. The van der Waals surface area contributed by atoms with Crippen LogP contribution in [0.3, 0.4) is 0 Å². The van der Waals surface area contributed by atoms with Crippen molar-refractivity contribution in [1.29, 1.82) is 0 Å². The van der Waals surface area contributed by atoms with E-state index in [2.05, 4.69) is 0 Å². The first-order valence-electron chi connectivity index (χ1n) is 9.46. The monoisotopic (exact) mass is 378 g/mol. The summed E-state index contributed by atoms with van der Waals surface area (Å²) in [6, 6.07) is 10.8. The average Bonchev–Trinajstić information content (AvgIpc) is 2.74. The zero-order chi connectivity index (χ0) is 19.7. The fraction of sp³-hybridized carbons (Fsp3) is 0.304. The van der Waals surface area contributed by atoms with Crippen molar-refractivity contribution in [2.24, 2.45) is 0 Å². The first kappa shape index (κ1) is 18.3. The van der Waals surface area contributed by atoms with Crippen LogP contribution in [0.5, 0.6) is 11.5 Å². The number of rotatable bonds is 5. The van der Waals surface area contributed by atoms with Crippen LogP contribution in [0.2, 0.25) is 0 Å². The quantitative estimate of drug-likeness (QED) is 0.490. The second-order valence-corrected chi connectivity index (χ2v) is 7.06. The Labute approximate surface area is 162 Å². The van der Waals surface area contributed by atoms with Crippen LogP contribution in [0.25, 0.3) is 11.0 Å². The lowest BCUT2D eigenvalue weighted by Gasteiger charge is -2.18. The molecule has 144 valence electrons. The van der Waals surface area contributed by atoms with Crippen LogP contribution >= 0.6 is 0 Å². The van der Waals surface area contributed by atoms with E-state index in [0.29, 0.717) is 22.6 Å². The zero-order valence-corrected chi connectivity index (χ0v) is 16.0. The Morgan fingerprint density at radius 2 is 1.89 bits per heavy atom. The molecule has 1 aliphatic carbocycles. The highest BCUT2D eigenvalue weighted by Crippen LogP contribution is 2.32. The van der Waals surface area contributed by atoms with E-state index in [4.69, 9.17) is 13.9 Å². The van der Waals surface area contributed by atoms with Crippen molar-refractivity contribution in [3.8, 4) is 11.5 Å². The fourth-order valence-electron chi connectivity index (χ4n) is 3.80. The van der Waals surface area contributed by atoms with E-state index >= 15 is 0 Å². The van der Waals surface area contributed by atoms with Gasteiger partial charge >= 0.3 is 5.63 Å². The van der Waals surface area contributed by atoms with E-state index in [1.165, 1.54) is 0 Å². The molecule has 1 heterocycles. The lowest BCUT2D eigenvalue weighted by molar-refractivity contribution is 0.0920. The van der Waals surface area contributed by atoms with Gasteiger partial charge in [0, 0.05) is 22.1 Å².